The van der Waals surface area contributed by atoms with Crippen LogP contribution < -0.4 is 5.32 Å². The highest BCUT2D eigenvalue weighted by molar-refractivity contribution is 5.10. The predicted octanol–water partition coefficient (Wildman–Crippen LogP) is 5.81. The number of nitrogens with one attached hydrogen (secondary N) is 1. The topological polar surface area (TPSA) is 12.0 Å². The fourth-order valence-corrected chi connectivity index (χ4v) is 7.58. The molecule has 1 saturated heterocycles. The lowest BCUT2D eigenvalue weighted by Gasteiger charge is -2.53. The number of hydrogen-bond donors (Lipinski definition) is 1. The second kappa shape index (κ2) is 5.86. The molecule has 0 aromatic heterocycles. The summed E-state index contributed by atoms with van der Waals surface area (Å²) >= 11 is 0. The predicted molar refractivity (Wildman–Crippen MR) is 103 cm³/mol. The van der Waals surface area contributed by atoms with Gasteiger partial charge in [0.25, 0.3) is 0 Å². The number of allylic oxidation sites excluding steroid dienone is 1. The molecule has 8 atom stereocenters. The Balaban J connectivity index is 1.48. The molecule has 3 saturated carbocycles. The fourth-order valence-electron chi connectivity index (χ4n) is 7.58. The van der Waals surface area contributed by atoms with Crippen LogP contribution in [0, 0.1) is 40.4 Å². The van der Waals surface area contributed by atoms with Gasteiger partial charge in [-0.25, -0.2) is 0 Å². The number of hydrogen-bond acceptors (Lipinski definition) is 1. The fraction of sp³-hybridized carbons (Fsp3) is 0.913. The lowest BCUT2D eigenvalue weighted by molar-refractivity contribution is -0.0322. The van der Waals surface area contributed by atoms with Crippen LogP contribution in [-0.4, -0.2) is 12.6 Å². The second-order valence-electron chi connectivity index (χ2n) is 10.6. The van der Waals surface area contributed by atoms with E-state index in [1.54, 1.807) is 0 Å². The highest BCUT2D eigenvalue weighted by Crippen LogP contribution is 2.63. The average molecular weight is 330 g/mol. The molecule has 1 heterocycles. The standard InChI is InChI=1S/C23H39N/c1-15(2)17-6-9-22(4,16(3)12-17)18-7-10-23(5)19(13-18)14-21-20(23)8-11-24-21/h16-21,24H,1,6-14H2,2-5H3/t16?,17-,18-,19+,20-,21-,22+,23+/m1/s1. The van der Waals surface area contributed by atoms with Crippen molar-refractivity contribution in [2.75, 3.05) is 6.54 Å². The maximum Gasteiger partial charge on any atom is 0.0104 e. The van der Waals surface area contributed by atoms with E-state index < -0.39 is 0 Å². The van der Waals surface area contributed by atoms with Gasteiger partial charge in [0.05, 0.1) is 0 Å². The van der Waals surface area contributed by atoms with Crippen molar-refractivity contribution in [3.8, 4) is 0 Å². The zero-order chi connectivity index (χ0) is 17.1. The van der Waals surface area contributed by atoms with Gasteiger partial charge < -0.3 is 5.32 Å². The van der Waals surface area contributed by atoms with Crippen molar-refractivity contribution in [3.05, 3.63) is 12.2 Å². The number of rotatable bonds is 2. The molecule has 136 valence electrons. The van der Waals surface area contributed by atoms with Crippen LogP contribution in [0.3, 0.4) is 0 Å². The molecule has 0 radical (unpaired) electrons. The Morgan fingerprint density at radius 3 is 2.42 bits per heavy atom. The first kappa shape index (κ1) is 17.1. The van der Waals surface area contributed by atoms with Crippen LogP contribution in [0.5, 0.6) is 0 Å². The SMILES string of the molecule is C=C(C)[C@@H]1CC[C@](C)([C@@H]2CC[C@@]3(C)[C@@H](C2)C[C@H]2NCC[C@H]23)C(C)C1. The zero-order valence-electron chi connectivity index (χ0n) is 16.5. The molecular weight excluding hydrogens is 290 g/mol. The normalized spacial score (nSPS) is 54.3. The van der Waals surface area contributed by atoms with Crippen molar-refractivity contribution in [2.24, 2.45) is 40.4 Å². The minimum atomic E-state index is 0.582. The average Bonchev–Trinajstić information content (AvgIpc) is 3.10. The molecule has 0 amide bonds. The van der Waals surface area contributed by atoms with Gasteiger partial charge in [-0.3, -0.25) is 0 Å². The van der Waals surface area contributed by atoms with Gasteiger partial charge in [-0.2, -0.15) is 0 Å². The van der Waals surface area contributed by atoms with Crippen LogP contribution in [0.25, 0.3) is 0 Å². The minimum Gasteiger partial charge on any atom is -0.314 e. The van der Waals surface area contributed by atoms with E-state index in [4.69, 9.17) is 0 Å². The summed E-state index contributed by atoms with van der Waals surface area (Å²) < 4.78 is 0. The molecular formula is C23H39N. The lowest BCUT2D eigenvalue weighted by atomic mass is 9.51. The van der Waals surface area contributed by atoms with Crippen LogP contribution in [0.4, 0.5) is 0 Å². The van der Waals surface area contributed by atoms with Gasteiger partial charge in [0, 0.05) is 6.04 Å². The van der Waals surface area contributed by atoms with Gasteiger partial charge in [-0.15, -0.1) is 0 Å². The van der Waals surface area contributed by atoms with Gasteiger partial charge >= 0.3 is 0 Å². The van der Waals surface area contributed by atoms with Crippen LogP contribution in [0.1, 0.15) is 79.1 Å². The van der Waals surface area contributed by atoms with Crippen molar-refractivity contribution in [3.63, 3.8) is 0 Å². The van der Waals surface area contributed by atoms with Crippen molar-refractivity contribution >= 4 is 0 Å². The van der Waals surface area contributed by atoms with Crippen molar-refractivity contribution in [2.45, 2.75) is 85.1 Å². The first-order valence-corrected chi connectivity index (χ1v) is 10.7. The Hall–Kier alpha value is -0.300. The van der Waals surface area contributed by atoms with Gasteiger partial charge in [0.15, 0.2) is 0 Å². The molecule has 3 aliphatic carbocycles. The molecule has 24 heavy (non-hydrogen) atoms. The molecule has 1 unspecified atom stereocenters. The highest BCUT2D eigenvalue weighted by atomic mass is 15.0. The zero-order valence-corrected chi connectivity index (χ0v) is 16.5. The third-order valence-corrected chi connectivity index (χ3v) is 9.69. The Kier molecular flexibility index (Phi) is 4.18. The molecule has 1 nitrogen and oxygen atoms in total. The van der Waals surface area contributed by atoms with E-state index in [0.717, 1.165) is 35.6 Å². The van der Waals surface area contributed by atoms with Crippen LogP contribution in [0.15, 0.2) is 12.2 Å². The monoisotopic (exact) mass is 329 g/mol. The van der Waals surface area contributed by atoms with Crippen molar-refractivity contribution < 1.29 is 0 Å². The summed E-state index contributed by atoms with van der Waals surface area (Å²) in [6.07, 6.45) is 11.6. The third kappa shape index (κ3) is 2.44. The van der Waals surface area contributed by atoms with Gasteiger partial charge in [0.2, 0.25) is 0 Å². The molecule has 1 aliphatic heterocycles. The highest BCUT2D eigenvalue weighted by Gasteiger charge is 2.57. The molecule has 0 aromatic carbocycles. The van der Waals surface area contributed by atoms with Crippen LogP contribution in [-0.2, 0) is 0 Å². The van der Waals surface area contributed by atoms with E-state index in [-0.39, 0.29) is 0 Å². The van der Waals surface area contributed by atoms with E-state index in [1.807, 2.05) is 0 Å². The van der Waals surface area contributed by atoms with Crippen LogP contribution >= 0.6 is 0 Å². The quantitative estimate of drug-likeness (QED) is 0.630. The summed E-state index contributed by atoms with van der Waals surface area (Å²) in [5.41, 5.74) is 2.66. The molecule has 0 aromatic rings. The Morgan fingerprint density at radius 1 is 0.958 bits per heavy atom. The third-order valence-electron chi connectivity index (χ3n) is 9.69. The van der Waals surface area contributed by atoms with Gasteiger partial charge in [-0.1, -0.05) is 32.9 Å². The summed E-state index contributed by atoms with van der Waals surface area (Å²) in [6.45, 7) is 15.6. The molecule has 4 rings (SSSR count). The number of fused-ring (bicyclic) bond motifs is 3. The van der Waals surface area contributed by atoms with E-state index in [0.29, 0.717) is 10.8 Å². The molecule has 4 aliphatic rings. The molecule has 1 heteroatoms. The Morgan fingerprint density at radius 2 is 1.71 bits per heavy atom. The first-order valence-electron chi connectivity index (χ1n) is 10.7. The summed E-state index contributed by atoms with van der Waals surface area (Å²) in [7, 11) is 0. The summed E-state index contributed by atoms with van der Waals surface area (Å²) in [4.78, 5) is 0. The minimum absolute atomic E-state index is 0.582. The second-order valence-corrected chi connectivity index (χ2v) is 10.6. The van der Waals surface area contributed by atoms with E-state index in [1.165, 1.54) is 63.5 Å². The maximum absolute atomic E-state index is 4.25. The Bertz CT molecular complexity index is 510. The maximum atomic E-state index is 4.25. The smallest absolute Gasteiger partial charge is 0.0104 e. The summed E-state index contributed by atoms with van der Waals surface area (Å²) in [6, 6.07) is 0.850. The molecule has 0 bridgehead atoms. The van der Waals surface area contributed by atoms with E-state index >= 15 is 0 Å². The molecule has 0 spiro atoms. The lowest BCUT2D eigenvalue weighted by Crippen LogP contribution is -2.45. The largest absolute Gasteiger partial charge is 0.314 e. The van der Waals surface area contributed by atoms with Crippen LogP contribution in [0.2, 0.25) is 0 Å². The molecule has 1 N–H and O–H groups in total. The van der Waals surface area contributed by atoms with E-state index in [9.17, 15) is 0 Å². The Labute approximate surface area is 150 Å². The summed E-state index contributed by atoms with van der Waals surface area (Å²) in [5, 5.41) is 3.82. The van der Waals surface area contributed by atoms with Gasteiger partial charge in [0.1, 0.15) is 0 Å². The van der Waals surface area contributed by atoms with Crippen molar-refractivity contribution in [1.82, 2.24) is 5.32 Å². The summed E-state index contributed by atoms with van der Waals surface area (Å²) in [5.74, 6) is 4.59. The van der Waals surface area contributed by atoms with E-state index in [2.05, 4.69) is 39.6 Å². The van der Waals surface area contributed by atoms with Crippen molar-refractivity contribution in [1.29, 1.82) is 0 Å². The molecule has 4 fully saturated rings. The van der Waals surface area contributed by atoms with Gasteiger partial charge in [-0.05, 0) is 105 Å². The first-order chi connectivity index (χ1) is 11.3.